The zero-order chi connectivity index (χ0) is 40.6. The third-order valence-corrected chi connectivity index (χ3v) is 11.5. The number of fused-ring (bicyclic) bond motifs is 9. The van der Waals surface area contributed by atoms with Gasteiger partial charge in [-0.1, -0.05) is 48.5 Å². The molecular formula is C51H34N8O2. The Bertz CT molecular complexity index is 3470. The van der Waals surface area contributed by atoms with Gasteiger partial charge in [-0.2, -0.15) is 5.10 Å². The molecule has 0 amide bonds. The molecule has 6 aromatic carbocycles. The van der Waals surface area contributed by atoms with Crippen molar-refractivity contribution < 1.29 is 9.47 Å². The van der Waals surface area contributed by atoms with E-state index in [0.717, 1.165) is 88.4 Å². The third kappa shape index (κ3) is 5.60. The lowest BCUT2D eigenvalue weighted by Gasteiger charge is -2.11. The minimum atomic E-state index is 0.458. The van der Waals surface area contributed by atoms with E-state index in [-0.39, 0.29) is 0 Å². The van der Waals surface area contributed by atoms with Gasteiger partial charge in [0.25, 0.3) is 5.95 Å². The Hall–Kier alpha value is -8.37. The second-order valence-corrected chi connectivity index (χ2v) is 15.1. The molecule has 0 unspecified atom stereocenters. The van der Waals surface area contributed by atoms with Crippen molar-refractivity contribution in [1.82, 2.24) is 38.9 Å². The van der Waals surface area contributed by atoms with Crippen molar-refractivity contribution in [2.24, 2.45) is 0 Å². The molecule has 0 spiro atoms. The van der Waals surface area contributed by atoms with E-state index in [1.165, 1.54) is 0 Å². The second kappa shape index (κ2) is 13.6. The van der Waals surface area contributed by atoms with Crippen LogP contribution in [-0.4, -0.2) is 38.9 Å². The zero-order valence-corrected chi connectivity index (χ0v) is 33.1. The Labute approximate surface area is 348 Å². The molecule has 0 radical (unpaired) electrons. The molecule has 61 heavy (non-hydrogen) atoms. The maximum absolute atomic E-state index is 6.68. The third-order valence-electron chi connectivity index (χ3n) is 11.5. The lowest BCUT2D eigenvalue weighted by atomic mass is 10.1. The van der Waals surface area contributed by atoms with Crippen LogP contribution in [0.1, 0.15) is 11.4 Å². The molecule has 10 nitrogen and oxygen atoms in total. The van der Waals surface area contributed by atoms with Crippen LogP contribution in [0.25, 0.3) is 83.0 Å². The molecule has 0 bridgehead atoms. The van der Waals surface area contributed by atoms with Gasteiger partial charge in [-0.05, 0) is 98.8 Å². The van der Waals surface area contributed by atoms with E-state index in [1.54, 1.807) is 0 Å². The van der Waals surface area contributed by atoms with E-state index < -0.39 is 0 Å². The van der Waals surface area contributed by atoms with Crippen LogP contribution >= 0.6 is 0 Å². The van der Waals surface area contributed by atoms with E-state index in [0.29, 0.717) is 28.9 Å². The number of hydrogen-bond donors (Lipinski definition) is 0. The van der Waals surface area contributed by atoms with Crippen molar-refractivity contribution in [2.45, 2.75) is 13.8 Å². The van der Waals surface area contributed by atoms with E-state index in [2.05, 4.69) is 104 Å². The molecule has 10 heteroatoms. The highest BCUT2D eigenvalue weighted by atomic mass is 16.5. The summed E-state index contributed by atoms with van der Waals surface area (Å²) in [6.45, 7) is 3.86. The van der Waals surface area contributed by atoms with Gasteiger partial charge < -0.3 is 9.47 Å². The van der Waals surface area contributed by atoms with Gasteiger partial charge >= 0.3 is 0 Å². The molecule has 0 fully saturated rings. The summed E-state index contributed by atoms with van der Waals surface area (Å²) in [6.07, 6.45) is 3.64. The lowest BCUT2D eigenvalue weighted by Crippen LogP contribution is -2.06. The van der Waals surface area contributed by atoms with Crippen molar-refractivity contribution in [1.29, 1.82) is 0 Å². The largest absolute Gasteiger partial charge is 0.457 e. The highest BCUT2D eigenvalue weighted by Crippen LogP contribution is 2.40. The first kappa shape index (κ1) is 34.7. The highest BCUT2D eigenvalue weighted by molar-refractivity contribution is 6.11. The van der Waals surface area contributed by atoms with Crippen LogP contribution in [0, 0.1) is 13.8 Å². The number of ether oxygens (including phenoxy) is 2. The first-order chi connectivity index (χ1) is 30.1. The van der Waals surface area contributed by atoms with Crippen molar-refractivity contribution in [3.63, 3.8) is 0 Å². The number of hydrogen-bond acceptors (Lipinski definition) is 7. The molecule has 0 aliphatic rings. The summed E-state index contributed by atoms with van der Waals surface area (Å²) < 4.78 is 19.8. The molecular weight excluding hydrogens is 757 g/mol. The van der Waals surface area contributed by atoms with Crippen LogP contribution in [0.3, 0.4) is 0 Å². The number of rotatable bonds is 7. The minimum Gasteiger partial charge on any atom is -0.457 e. The summed E-state index contributed by atoms with van der Waals surface area (Å²) in [5, 5.41) is 15.7. The predicted octanol–water partition coefficient (Wildman–Crippen LogP) is 12.2. The molecule has 6 aromatic heterocycles. The zero-order valence-electron chi connectivity index (χ0n) is 33.1. The first-order valence-corrected chi connectivity index (χ1v) is 20.1. The Morgan fingerprint density at radius 2 is 0.754 bits per heavy atom. The summed E-state index contributed by atoms with van der Waals surface area (Å²) in [5.41, 5.74) is 7.50. The molecule has 0 saturated heterocycles. The maximum Gasteiger partial charge on any atom is 0.254 e. The average Bonchev–Trinajstić information content (AvgIpc) is 3.92. The van der Waals surface area contributed by atoms with Gasteiger partial charge in [0.1, 0.15) is 34.6 Å². The van der Waals surface area contributed by atoms with Gasteiger partial charge in [-0.15, -0.1) is 5.10 Å². The van der Waals surface area contributed by atoms with Gasteiger partial charge in [0.05, 0.1) is 44.5 Å². The summed E-state index contributed by atoms with van der Waals surface area (Å²) in [6, 6.07) is 53.4. The number of aryl methyl sites for hydroxylation is 2. The summed E-state index contributed by atoms with van der Waals surface area (Å²) in [5.74, 6) is 4.88. The van der Waals surface area contributed by atoms with Crippen LogP contribution in [0.15, 0.2) is 170 Å². The highest BCUT2D eigenvalue weighted by Gasteiger charge is 2.20. The van der Waals surface area contributed by atoms with Gasteiger partial charge in [0, 0.05) is 69.0 Å². The molecule has 0 N–H and O–H groups in total. The second-order valence-electron chi connectivity index (χ2n) is 15.1. The van der Waals surface area contributed by atoms with Crippen molar-refractivity contribution >= 4 is 65.4 Å². The fourth-order valence-electron chi connectivity index (χ4n) is 8.63. The molecule has 0 saturated carbocycles. The summed E-state index contributed by atoms with van der Waals surface area (Å²) in [4.78, 5) is 14.3. The first-order valence-electron chi connectivity index (χ1n) is 20.1. The lowest BCUT2D eigenvalue weighted by molar-refractivity contribution is 0.484. The molecule has 12 rings (SSSR count). The Kier molecular flexibility index (Phi) is 7.73. The number of para-hydroxylation sites is 2. The number of aromatic nitrogens is 8. The molecule has 290 valence electrons. The molecule has 6 heterocycles. The van der Waals surface area contributed by atoms with Crippen LogP contribution in [0.4, 0.5) is 0 Å². The van der Waals surface area contributed by atoms with Crippen LogP contribution in [0.5, 0.6) is 23.0 Å². The van der Waals surface area contributed by atoms with E-state index >= 15 is 0 Å². The van der Waals surface area contributed by atoms with E-state index in [4.69, 9.17) is 24.4 Å². The van der Waals surface area contributed by atoms with Crippen LogP contribution in [0.2, 0.25) is 0 Å². The van der Waals surface area contributed by atoms with Crippen LogP contribution < -0.4 is 9.47 Å². The van der Waals surface area contributed by atoms with E-state index in [9.17, 15) is 0 Å². The quantitative estimate of drug-likeness (QED) is 0.158. The normalized spacial score (nSPS) is 11.8. The topological polar surface area (TPSA) is 97.7 Å². The molecule has 12 aromatic rings. The number of pyridine rings is 2. The van der Waals surface area contributed by atoms with Crippen molar-refractivity contribution in [3.05, 3.63) is 182 Å². The SMILES string of the molecule is Cc1nnc(-n2c3cc(Oc4ccc5c6ccccc6n(-c6ccccn6)c5c4)ccc3c3ccc(Oc4ccc5c6ccccc6n(-c6ccccn6)c5c4)cc32)nc1C. The van der Waals surface area contributed by atoms with Gasteiger partial charge in [-0.3, -0.25) is 13.7 Å². The fourth-order valence-corrected chi connectivity index (χ4v) is 8.63. The fraction of sp³-hybridized carbons (Fsp3) is 0.0392. The predicted molar refractivity (Wildman–Crippen MR) is 241 cm³/mol. The Morgan fingerprint density at radius 1 is 0.361 bits per heavy atom. The Morgan fingerprint density at radius 3 is 1.16 bits per heavy atom. The maximum atomic E-state index is 6.68. The average molecular weight is 791 g/mol. The monoisotopic (exact) mass is 790 g/mol. The standard InChI is InChI=1S/C51H34N8O2/c1-31-32(2)55-56-51(54-31)59-47-29-35(60-33-17-21-39-37-11-3-5-13-43(37)57(45(39)27-33)49-15-7-9-25-52-49)19-23-41(47)42-24-20-36(30-48(42)59)61-34-18-22-40-38-12-4-6-14-44(38)58(46(40)28-34)50-16-8-10-26-53-50/h3-30H,1-2H3. The van der Waals surface area contributed by atoms with Crippen molar-refractivity contribution in [3.8, 4) is 40.6 Å². The van der Waals surface area contributed by atoms with Gasteiger partial charge in [0.2, 0.25) is 0 Å². The molecule has 0 aliphatic carbocycles. The molecule has 0 aliphatic heterocycles. The van der Waals surface area contributed by atoms with Gasteiger partial charge in [0.15, 0.2) is 0 Å². The number of nitrogens with zero attached hydrogens (tertiary/aromatic N) is 8. The smallest absolute Gasteiger partial charge is 0.254 e. The summed E-state index contributed by atoms with van der Waals surface area (Å²) in [7, 11) is 0. The summed E-state index contributed by atoms with van der Waals surface area (Å²) >= 11 is 0. The number of benzene rings is 6. The molecule has 0 atom stereocenters. The van der Waals surface area contributed by atoms with Crippen molar-refractivity contribution in [2.75, 3.05) is 0 Å². The van der Waals surface area contributed by atoms with Gasteiger partial charge in [-0.25, -0.2) is 15.0 Å². The Balaban J connectivity index is 0.970. The van der Waals surface area contributed by atoms with E-state index in [1.807, 2.05) is 104 Å². The minimum absolute atomic E-state index is 0.458. The van der Waals surface area contributed by atoms with Crippen LogP contribution in [-0.2, 0) is 0 Å².